The lowest BCUT2D eigenvalue weighted by Crippen LogP contribution is -2.36. The van der Waals surface area contributed by atoms with Gasteiger partial charge >= 0.3 is 6.03 Å². The highest BCUT2D eigenvalue weighted by Gasteiger charge is 1.98. The van der Waals surface area contributed by atoms with Gasteiger partial charge in [-0.2, -0.15) is 0 Å². The van der Waals surface area contributed by atoms with E-state index in [9.17, 15) is 4.79 Å². The van der Waals surface area contributed by atoms with Crippen molar-refractivity contribution in [3.05, 3.63) is 35.4 Å². The summed E-state index contributed by atoms with van der Waals surface area (Å²) in [6.45, 7) is 2.75. The molecule has 4 heteroatoms. The Labute approximate surface area is 89.3 Å². The Hall–Kier alpha value is -1.55. The molecule has 0 heterocycles. The highest BCUT2D eigenvalue weighted by atomic mass is 16.3. The van der Waals surface area contributed by atoms with Crippen LogP contribution in [0, 0.1) is 6.92 Å². The summed E-state index contributed by atoms with van der Waals surface area (Å²) in [5.74, 6) is 0. The molecule has 0 radical (unpaired) electrons. The van der Waals surface area contributed by atoms with Crippen LogP contribution in [0.5, 0.6) is 0 Å². The van der Waals surface area contributed by atoms with E-state index in [4.69, 9.17) is 5.11 Å². The van der Waals surface area contributed by atoms with E-state index in [1.807, 2.05) is 31.2 Å². The number of aliphatic hydroxyl groups excluding tert-OH is 1. The highest BCUT2D eigenvalue weighted by molar-refractivity contribution is 5.73. The number of amides is 2. The molecule has 0 aliphatic carbocycles. The van der Waals surface area contributed by atoms with Gasteiger partial charge in [0.05, 0.1) is 6.61 Å². The van der Waals surface area contributed by atoms with Gasteiger partial charge < -0.3 is 15.7 Å². The summed E-state index contributed by atoms with van der Waals surface area (Å²) < 4.78 is 0. The summed E-state index contributed by atoms with van der Waals surface area (Å²) in [4.78, 5) is 11.1. The molecule has 2 amide bonds. The normalized spacial score (nSPS) is 9.73. The molecule has 1 aromatic carbocycles. The lowest BCUT2D eigenvalue weighted by Gasteiger charge is -2.06. The van der Waals surface area contributed by atoms with Crippen LogP contribution in [0.4, 0.5) is 4.79 Å². The van der Waals surface area contributed by atoms with Crippen LogP contribution in [-0.2, 0) is 6.54 Å². The Balaban J connectivity index is 2.30. The number of aryl methyl sites for hydroxylation is 1. The van der Waals surface area contributed by atoms with Crippen molar-refractivity contribution in [2.24, 2.45) is 0 Å². The van der Waals surface area contributed by atoms with Crippen LogP contribution in [0.25, 0.3) is 0 Å². The largest absolute Gasteiger partial charge is 0.395 e. The Bertz CT molecular complexity index is 309. The van der Waals surface area contributed by atoms with E-state index in [1.165, 1.54) is 5.56 Å². The number of nitrogens with one attached hydrogen (secondary N) is 2. The second-order valence-corrected chi connectivity index (χ2v) is 3.32. The van der Waals surface area contributed by atoms with Crippen molar-refractivity contribution in [1.82, 2.24) is 10.6 Å². The van der Waals surface area contributed by atoms with E-state index in [1.54, 1.807) is 0 Å². The molecule has 1 aromatic rings. The maximum atomic E-state index is 11.1. The molecule has 3 N–H and O–H groups in total. The zero-order chi connectivity index (χ0) is 11.1. The third kappa shape index (κ3) is 4.46. The fourth-order valence-corrected chi connectivity index (χ4v) is 1.12. The molecule has 0 spiro atoms. The molecule has 0 bridgehead atoms. The second kappa shape index (κ2) is 6.03. The highest BCUT2D eigenvalue weighted by Crippen LogP contribution is 2.01. The minimum Gasteiger partial charge on any atom is -0.395 e. The van der Waals surface area contributed by atoms with E-state index in [0.717, 1.165) is 5.56 Å². The van der Waals surface area contributed by atoms with Gasteiger partial charge in [0.2, 0.25) is 0 Å². The summed E-state index contributed by atoms with van der Waals surface area (Å²) in [5, 5.41) is 13.7. The molecule has 82 valence electrons. The summed E-state index contributed by atoms with van der Waals surface area (Å²) in [6.07, 6.45) is 0. The maximum absolute atomic E-state index is 11.1. The first-order valence-electron chi connectivity index (χ1n) is 4.90. The number of rotatable bonds is 4. The van der Waals surface area contributed by atoms with Crippen molar-refractivity contribution in [3.63, 3.8) is 0 Å². The van der Waals surface area contributed by atoms with Crippen molar-refractivity contribution in [2.45, 2.75) is 13.5 Å². The van der Waals surface area contributed by atoms with E-state index in [2.05, 4.69) is 10.6 Å². The number of carbonyl (C=O) groups is 1. The first kappa shape index (κ1) is 11.5. The van der Waals surface area contributed by atoms with Crippen molar-refractivity contribution < 1.29 is 9.90 Å². The van der Waals surface area contributed by atoms with Crippen LogP contribution in [0.1, 0.15) is 11.1 Å². The smallest absolute Gasteiger partial charge is 0.315 e. The maximum Gasteiger partial charge on any atom is 0.315 e. The molecule has 0 fully saturated rings. The van der Waals surface area contributed by atoms with Gasteiger partial charge in [-0.3, -0.25) is 0 Å². The predicted octanol–water partition coefficient (Wildman–Crippen LogP) is 0.787. The van der Waals surface area contributed by atoms with Crippen molar-refractivity contribution >= 4 is 6.03 Å². The number of aliphatic hydroxyl groups is 1. The fourth-order valence-electron chi connectivity index (χ4n) is 1.12. The van der Waals surface area contributed by atoms with E-state index >= 15 is 0 Å². The average molecular weight is 208 g/mol. The standard InChI is InChI=1S/C11H16N2O2/c1-9-2-4-10(5-3-9)8-13-11(15)12-6-7-14/h2-5,14H,6-8H2,1H3,(H2,12,13,15). The fraction of sp³-hybridized carbons (Fsp3) is 0.364. The summed E-state index contributed by atoms with van der Waals surface area (Å²) in [6, 6.07) is 7.69. The number of hydrogen-bond donors (Lipinski definition) is 3. The molecule has 1 rings (SSSR count). The van der Waals surface area contributed by atoms with Crippen LogP contribution in [0.3, 0.4) is 0 Å². The summed E-state index contributed by atoms with van der Waals surface area (Å²) in [5.41, 5.74) is 2.25. The predicted molar refractivity (Wildman–Crippen MR) is 58.5 cm³/mol. The van der Waals surface area contributed by atoms with Crippen LogP contribution >= 0.6 is 0 Å². The van der Waals surface area contributed by atoms with E-state index in [-0.39, 0.29) is 19.2 Å². The first-order chi connectivity index (χ1) is 7.22. The van der Waals surface area contributed by atoms with Gasteiger partial charge in [0.25, 0.3) is 0 Å². The molecule has 0 aromatic heterocycles. The van der Waals surface area contributed by atoms with Crippen LogP contribution < -0.4 is 10.6 Å². The number of hydrogen-bond acceptors (Lipinski definition) is 2. The van der Waals surface area contributed by atoms with Gasteiger partial charge in [-0.05, 0) is 12.5 Å². The second-order valence-electron chi connectivity index (χ2n) is 3.32. The molecule has 0 aliphatic heterocycles. The van der Waals surface area contributed by atoms with E-state index in [0.29, 0.717) is 6.54 Å². The Morgan fingerprint density at radius 3 is 2.53 bits per heavy atom. The van der Waals surface area contributed by atoms with Crippen LogP contribution in [0.15, 0.2) is 24.3 Å². The molecule has 0 saturated carbocycles. The minimum absolute atomic E-state index is 0.0437. The van der Waals surface area contributed by atoms with E-state index < -0.39 is 0 Å². The number of carbonyl (C=O) groups excluding carboxylic acids is 1. The molecular weight excluding hydrogens is 192 g/mol. The van der Waals surface area contributed by atoms with Gasteiger partial charge in [-0.1, -0.05) is 29.8 Å². The molecule has 0 atom stereocenters. The number of urea groups is 1. The van der Waals surface area contributed by atoms with Crippen LogP contribution in [0.2, 0.25) is 0 Å². The Morgan fingerprint density at radius 2 is 1.93 bits per heavy atom. The Kier molecular flexibility index (Phi) is 4.63. The summed E-state index contributed by atoms with van der Waals surface area (Å²) >= 11 is 0. The quantitative estimate of drug-likeness (QED) is 0.685. The molecule has 15 heavy (non-hydrogen) atoms. The molecule has 0 saturated heterocycles. The molecule has 4 nitrogen and oxygen atoms in total. The minimum atomic E-state index is -0.260. The van der Waals surface area contributed by atoms with Crippen molar-refractivity contribution in [1.29, 1.82) is 0 Å². The lowest BCUT2D eigenvalue weighted by molar-refractivity contribution is 0.234. The van der Waals surface area contributed by atoms with Gasteiger partial charge in [0, 0.05) is 13.1 Å². The zero-order valence-electron chi connectivity index (χ0n) is 8.79. The third-order valence-corrected chi connectivity index (χ3v) is 1.97. The van der Waals surface area contributed by atoms with Gasteiger partial charge in [-0.25, -0.2) is 4.79 Å². The third-order valence-electron chi connectivity index (χ3n) is 1.97. The van der Waals surface area contributed by atoms with Crippen molar-refractivity contribution in [2.75, 3.05) is 13.2 Å². The SMILES string of the molecule is Cc1ccc(CNC(=O)NCCO)cc1. The van der Waals surface area contributed by atoms with Crippen LogP contribution in [-0.4, -0.2) is 24.3 Å². The van der Waals surface area contributed by atoms with Crippen molar-refractivity contribution in [3.8, 4) is 0 Å². The summed E-state index contributed by atoms with van der Waals surface area (Å²) in [7, 11) is 0. The molecular formula is C11H16N2O2. The van der Waals surface area contributed by atoms with Gasteiger partial charge in [0.1, 0.15) is 0 Å². The molecule has 0 aliphatic rings. The van der Waals surface area contributed by atoms with Gasteiger partial charge in [0.15, 0.2) is 0 Å². The topological polar surface area (TPSA) is 61.4 Å². The average Bonchev–Trinajstić information content (AvgIpc) is 2.25. The number of benzene rings is 1. The molecule has 0 unspecified atom stereocenters. The lowest BCUT2D eigenvalue weighted by atomic mass is 10.1. The Morgan fingerprint density at radius 1 is 1.27 bits per heavy atom. The monoisotopic (exact) mass is 208 g/mol. The van der Waals surface area contributed by atoms with Gasteiger partial charge in [-0.15, -0.1) is 0 Å². The zero-order valence-corrected chi connectivity index (χ0v) is 8.79. The first-order valence-corrected chi connectivity index (χ1v) is 4.90.